The predicted molar refractivity (Wildman–Crippen MR) is 114 cm³/mol. The summed E-state index contributed by atoms with van der Waals surface area (Å²) in [7, 11) is 1.64. The van der Waals surface area contributed by atoms with Gasteiger partial charge in [0.05, 0.1) is 17.7 Å². The lowest BCUT2D eigenvalue weighted by Crippen LogP contribution is -2.31. The van der Waals surface area contributed by atoms with Crippen LogP contribution in [-0.2, 0) is 10.2 Å². The number of hydrogen-bond acceptors (Lipinski definition) is 4. The standard InChI is InChI=1S/C22H26N2O2S/c1-14-6-11-18(26-5)17(12-14)23-21-24-20(25)19(27-21)13-15-7-9-16(10-8-15)22(2,3)4/h6-13,21,23H,1-5H3,(H,24,25)/b19-13-. The van der Waals surface area contributed by atoms with Gasteiger partial charge in [-0.1, -0.05) is 62.9 Å². The van der Waals surface area contributed by atoms with Crippen molar-refractivity contribution in [3.63, 3.8) is 0 Å². The van der Waals surface area contributed by atoms with Crippen LogP contribution in [0.4, 0.5) is 5.69 Å². The van der Waals surface area contributed by atoms with Crippen LogP contribution < -0.4 is 15.4 Å². The van der Waals surface area contributed by atoms with Gasteiger partial charge in [-0.25, -0.2) is 0 Å². The second kappa shape index (κ2) is 7.69. The number of anilines is 1. The topological polar surface area (TPSA) is 50.4 Å². The molecule has 3 rings (SSSR count). The number of carbonyl (C=O) groups is 1. The molecular formula is C22H26N2O2S. The van der Waals surface area contributed by atoms with E-state index in [4.69, 9.17) is 4.74 Å². The first-order valence-corrected chi connectivity index (χ1v) is 9.85. The summed E-state index contributed by atoms with van der Waals surface area (Å²) in [5.74, 6) is 0.690. The Morgan fingerprint density at radius 2 is 1.85 bits per heavy atom. The molecule has 27 heavy (non-hydrogen) atoms. The number of rotatable bonds is 4. The summed E-state index contributed by atoms with van der Waals surface area (Å²) in [6.07, 6.45) is 1.93. The highest BCUT2D eigenvalue weighted by Gasteiger charge is 2.27. The number of methoxy groups -OCH3 is 1. The van der Waals surface area contributed by atoms with Crippen LogP contribution in [-0.4, -0.2) is 18.5 Å². The van der Waals surface area contributed by atoms with Gasteiger partial charge in [0.1, 0.15) is 5.75 Å². The number of nitrogens with one attached hydrogen (secondary N) is 2. The molecule has 0 aromatic heterocycles. The molecule has 1 atom stereocenters. The third kappa shape index (κ3) is 4.66. The van der Waals surface area contributed by atoms with E-state index in [-0.39, 0.29) is 16.8 Å². The Hall–Kier alpha value is -2.40. The Kier molecular flexibility index (Phi) is 5.51. The molecule has 1 aliphatic heterocycles. The van der Waals surface area contributed by atoms with E-state index in [1.165, 1.54) is 17.3 Å². The fourth-order valence-corrected chi connectivity index (χ4v) is 3.85. The van der Waals surface area contributed by atoms with Crippen molar-refractivity contribution in [1.29, 1.82) is 0 Å². The monoisotopic (exact) mass is 382 g/mol. The number of ether oxygens (including phenoxy) is 1. The number of benzene rings is 2. The van der Waals surface area contributed by atoms with Crippen molar-refractivity contribution in [2.45, 2.75) is 38.6 Å². The number of thioether (sulfide) groups is 1. The number of aryl methyl sites for hydroxylation is 1. The summed E-state index contributed by atoms with van der Waals surface area (Å²) < 4.78 is 5.40. The van der Waals surface area contributed by atoms with E-state index in [0.717, 1.165) is 22.6 Å². The molecule has 0 saturated carbocycles. The molecule has 4 nitrogen and oxygen atoms in total. The maximum atomic E-state index is 12.4. The van der Waals surface area contributed by atoms with Crippen LogP contribution in [0, 0.1) is 6.92 Å². The molecule has 0 bridgehead atoms. The van der Waals surface area contributed by atoms with Gasteiger partial charge in [-0.15, -0.1) is 0 Å². The van der Waals surface area contributed by atoms with Crippen molar-refractivity contribution >= 4 is 29.4 Å². The first-order chi connectivity index (χ1) is 12.8. The Morgan fingerprint density at radius 1 is 1.15 bits per heavy atom. The van der Waals surface area contributed by atoms with Crippen LogP contribution in [0.1, 0.15) is 37.5 Å². The minimum atomic E-state index is -0.228. The third-order valence-corrected chi connectivity index (χ3v) is 5.48. The Bertz CT molecular complexity index is 867. The predicted octanol–water partition coefficient (Wildman–Crippen LogP) is 4.90. The molecular weight excluding hydrogens is 356 g/mol. The van der Waals surface area contributed by atoms with E-state index in [1.807, 2.05) is 31.2 Å². The number of hydrogen-bond donors (Lipinski definition) is 2. The van der Waals surface area contributed by atoms with E-state index in [2.05, 4.69) is 55.7 Å². The molecule has 142 valence electrons. The van der Waals surface area contributed by atoms with E-state index in [9.17, 15) is 4.79 Å². The highest BCUT2D eigenvalue weighted by atomic mass is 32.2. The zero-order valence-corrected chi connectivity index (χ0v) is 17.2. The molecule has 2 N–H and O–H groups in total. The minimum absolute atomic E-state index is 0.0657. The molecule has 1 heterocycles. The minimum Gasteiger partial charge on any atom is -0.495 e. The Labute approximate surface area is 165 Å². The summed E-state index contributed by atoms with van der Waals surface area (Å²) in [6, 6.07) is 14.3. The van der Waals surface area contributed by atoms with Gasteiger partial charge in [0.25, 0.3) is 5.91 Å². The normalized spacial score (nSPS) is 18.5. The van der Waals surface area contributed by atoms with Crippen molar-refractivity contribution < 1.29 is 9.53 Å². The van der Waals surface area contributed by atoms with E-state index >= 15 is 0 Å². The molecule has 0 spiro atoms. The summed E-state index contributed by atoms with van der Waals surface area (Å²) in [5.41, 5.74) is 4.18. The molecule has 0 radical (unpaired) electrons. The van der Waals surface area contributed by atoms with Crippen LogP contribution >= 0.6 is 11.8 Å². The van der Waals surface area contributed by atoms with Crippen molar-refractivity contribution in [3.05, 3.63) is 64.1 Å². The molecule has 1 saturated heterocycles. The lowest BCUT2D eigenvalue weighted by molar-refractivity contribution is -0.116. The smallest absolute Gasteiger partial charge is 0.260 e. The zero-order chi connectivity index (χ0) is 19.6. The van der Waals surface area contributed by atoms with Crippen LogP contribution in [0.3, 0.4) is 0 Å². The van der Waals surface area contributed by atoms with Gasteiger partial charge in [0.2, 0.25) is 0 Å². The zero-order valence-electron chi connectivity index (χ0n) is 16.4. The van der Waals surface area contributed by atoms with Gasteiger partial charge >= 0.3 is 0 Å². The van der Waals surface area contributed by atoms with E-state index in [1.54, 1.807) is 7.11 Å². The average molecular weight is 383 g/mol. The van der Waals surface area contributed by atoms with Crippen LogP contribution in [0.5, 0.6) is 5.75 Å². The highest BCUT2D eigenvalue weighted by molar-refractivity contribution is 8.05. The van der Waals surface area contributed by atoms with Crippen molar-refractivity contribution in [2.24, 2.45) is 0 Å². The highest BCUT2D eigenvalue weighted by Crippen LogP contribution is 2.33. The quantitative estimate of drug-likeness (QED) is 0.739. The van der Waals surface area contributed by atoms with Crippen molar-refractivity contribution in [3.8, 4) is 5.75 Å². The SMILES string of the molecule is COc1ccc(C)cc1NC1NC(=O)/C(=C/c2ccc(C(C)(C)C)cc2)S1. The molecule has 0 aliphatic carbocycles. The van der Waals surface area contributed by atoms with Crippen molar-refractivity contribution in [2.75, 3.05) is 12.4 Å². The number of carbonyl (C=O) groups excluding carboxylic acids is 1. The number of amides is 1. The summed E-state index contributed by atoms with van der Waals surface area (Å²) in [4.78, 5) is 13.1. The lowest BCUT2D eigenvalue weighted by atomic mass is 9.87. The second-order valence-corrected chi connectivity index (χ2v) is 8.85. The average Bonchev–Trinajstić information content (AvgIpc) is 2.94. The van der Waals surface area contributed by atoms with E-state index in [0.29, 0.717) is 4.91 Å². The second-order valence-electron chi connectivity index (χ2n) is 7.70. The van der Waals surface area contributed by atoms with Crippen LogP contribution in [0.25, 0.3) is 6.08 Å². The third-order valence-electron chi connectivity index (χ3n) is 4.45. The molecule has 1 fully saturated rings. The van der Waals surface area contributed by atoms with Crippen molar-refractivity contribution in [1.82, 2.24) is 5.32 Å². The fraction of sp³-hybridized carbons (Fsp3) is 0.318. The molecule has 5 heteroatoms. The maximum absolute atomic E-state index is 12.4. The summed E-state index contributed by atoms with van der Waals surface area (Å²) in [5, 5.41) is 6.31. The lowest BCUT2D eigenvalue weighted by Gasteiger charge is -2.18. The molecule has 2 aromatic rings. The van der Waals surface area contributed by atoms with Gasteiger partial charge in [-0.05, 0) is 47.2 Å². The fourth-order valence-electron chi connectivity index (χ4n) is 2.87. The largest absolute Gasteiger partial charge is 0.495 e. The Balaban J connectivity index is 1.74. The maximum Gasteiger partial charge on any atom is 0.260 e. The first kappa shape index (κ1) is 19.4. The molecule has 1 amide bonds. The summed E-state index contributed by atoms with van der Waals surface area (Å²) >= 11 is 1.48. The molecule has 1 aliphatic rings. The van der Waals surface area contributed by atoms with Crippen LogP contribution in [0.15, 0.2) is 47.4 Å². The van der Waals surface area contributed by atoms with Gasteiger partial charge in [-0.2, -0.15) is 0 Å². The Morgan fingerprint density at radius 3 is 2.48 bits per heavy atom. The van der Waals surface area contributed by atoms with Crippen LogP contribution in [0.2, 0.25) is 0 Å². The summed E-state index contributed by atoms with van der Waals surface area (Å²) in [6.45, 7) is 8.60. The van der Waals surface area contributed by atoms with E-state index < -0.39 is 0 Å². The van der Waals surface area contributed by atoms with Gasteiger partial charge in [0.15, 0.2) is 5.50 Å². The molecule has 2 aromatic carbocycles. The first-order valence-electron chi connectivity index (χ1n) is 8.97. The molecule has 1 unspecified atom stereocenters. The van der Waals surface area contributed by atoms with Gasteiger partial charge in [0, 0.05) is 0 Å². The van der Waals surface area contributed by atoms with Gasteiger partial charge < -0.3 is 15.4 Å². The van der Waals surface area contributed by atoms with Gasteiger partial charge in [-0.3, -0.25) is 4.79 Å².